The SMILES string of the molecule is CCCCc1ccc(-c2csc(C(C#N)=Cc3ccc(Cl)cc3)n2)cc1. The minimum absolute atomic E-state index is 0.558. The van der Waals surface area contributed by atoms with E-state index in [1.54, 1.807) is 0 Å². The van der Waals surface area contributed by atoms with Crippen molar-refractivity contribution < 1.29 is 0 Å². The van der Waals surface area contributed by atoms with Crippen LogP contribution in [0, 0.1) is 11.3 Å². The van der Waals surface area contributed by atoms with Crippen molar-refractivity contribution in [2.45, 2.75) is 26.2 Å². The highest BCUT2D eigenvalue weighted by Gasteiger charge is 2.09. The van der Waals surface area contributed by atoms with Crippen LogP contribution in [0.2, 0.25) is 5.02 Å². The van der Waals surface area contributed by atoms with Crippen LogP contribution < -0.4 is 0 Å². The number of aromatic nitrogens is 1. The molecule has 26 heavy (non-hydrogen) atoms. The summed E-state index contributed by atoms with van der Waals surface area (Å²) in [6.07, 6.45) is 5.36. The number of benzene rings is 2. The summed E-state index contributed by atoms with van der Waals surface area (Å²) < 4.78 is 0. The third kappa shape index (κ3) is 4.60. The third-order valence-electron chi connectivity index (χ3n) is 4.10. The summed E-state index contributed by atoms with van der Waals surface area (Å²) in [7, 11) is 0. The first-order chi connectivity index (χ1) is 12.7. The van der Waals surface area contributed by atoms with Crippen molar-refractivity contribution in [3.8, 4) is 17.3 Å². The van der Waals surface area contributed by atoms with E-state index in [1.165, 1.54) is 29.7 Å². The molecule has 0 bridgehead atoms. The molecule has 0 saturated heterocycles. The second-order valence-corrected chi connectivity index (χ2v) is 7.35. The summed E-state index contributed by atoms with van der Waals surface area (Å²) in [6.45, 7) is 2.20. The first-order valence-corrected chi connectivity index (χ1v) is 9.88. The van der Waals surface area contributed by atoms with Gasteiger partial charge in [0, 0.05) is 16.0 Å². The topological polar surface area (TPSA) is 36.7 Å². The van der Waals surface area contributed by atoms with Gasteiger partial charge < -0.3 is 0 Å². The second kappa shape index (κ2) is 8.80. The van der Waals surface area contributed by atoms with Crippen LogP contribution in [0.4, 0.5) is 0 Å². The zero-order valence-corrected chi connectivity index (χ0v) is 16.1. The predicted molar refractivity (Wildman–Crippen MR) is 111 cm³/mol. The van der Waals surface area contributed by atoms with E-state index in [1.807, 2.05) is 35.7 Å². The summed E-state index contributed by atoms with van der Waals surface area (Å²) in [6, 6.07) is 18.2. The van der Waals surface area contributed by atoms with Gasteiger partial charge in [-0.15, -0.1) is 11.3 Å². The molecule has 0 aliphatic carbocycles. The van der Waals surface area contributed by atoms with Gasteiger partial charge >= 0.3 is 0 Å². The Hall–Kier alpha value is -2.41. The molecule has 0 N–H and O–H groups in total. The zero-order valence-electron chi connectivity index (χ0n) is 14.6. The number of unbranched alkanes of at least 4 members (excludes halogenated alkanes) is 1. The van der Waals surface area contributed by atoms with Crippen molar-refractivity contribution in [1.82, 2.24) is 4.98 Å². The molecule has 0 unspecified atom stereocenters. The van der Waals surface area contributed by atoms with E-state index in [4.69, 9.17) is 11.6 Å². The molecule has 0 radical (unpaired) electrons. The fraction of sp³-hybridized carbons (Fsp3) is 0.182. The van der Waals surface area contributed by atoms with E-state index in [2.05, 4.69) is 42.2 Å². The third-order valence-corrected chi connectivity index (χ3v) is 5.23. The van der Waals surface area contributed by atoms with Gasteiger partial charge in [0.25, 0.3) is 0 Å². The number of halogens is 1. The van der Waals surface area contributed by atoms with Crippen molar-refractivity contribution in [2.75, 3.05) is 0 Å². The van der Waals surface area contributed by atoms with E-state index in [0.717, 1.165) is 28.2 Å². The number of thiazole rings is 1. The summed E-state index contributed by atoms with van der Waals surface area (Å²) in [5.41, 5.74) is 4.83. The highest BCUT2D eigenvalue weighted by Crippen LogP contribution is 2.27. The van der Waals surface area contributed by atoms with Crippen molar-refractivity contribution in [3.05, 3.63) is 75.1 Å². The Morgan fingerprint density at radius 1 is 1.15 bits per heavy atom. The van der Waals surface area contributed by atoms with Crippen molar-refractivity contribution in [3.63, 3.8) is 0 Å². The summed E-state index contributed by atoms with van der Waals surface area (Å²) in [5.74, 6) is 0. The molecular formula is C22H19ClN2S. The number of aryl methyl sites for hydroxylation is 1. The van der Waals surface area contributed by atoms with Crippen LogP contribution >= 0.6 is 22.9 Å². The number of hydrogen-bond acceptors (Lipinski definition) is 3. The molecule has 0 spiro atoms. The van der Waals surface area contributed by atoms with Gasteiger partial charge in [0.1, 0.15) is 11.1 Å². The fourth-order valence-corrected chi connectivity index (χ4v) is 3.54. The van der Waals surface area contributed by atoms with E-state index in [-0.39, 0.29) is 0 Å². The maximum atomic E-state index is 9.52. The number of nitriles is 1. The molecule has 0 aliphatic heterocycles. The zero-order chi connectivity index (χ0) is 18.4. The average molecular weight is 379 g/mol. The molecule has 3 rings (SSSR count). The van der Waals surface area contributed by atoms with E-state index >= 15 is 0 Å². The van der Waals surface area contributed by atoms with Crippen molar-refractivity contribution in [2.24, 2.45) is 0 Å². The Labute approximate surface area is 163 Å². The predicted octanol–water partition coefficient (Wildman–Crippen LogP) is 6.87. The fourth-order valence-electron chi connectivity index (χ4n) is 2.62. The molecular weight excluding hydrogens is 360 g/mol. The largest absolute Gasteiger partial charge is 0.235 e. The Bertz CT molecular complexity index is 932. The molecule has 1 heterocycles. The smallest absolute Gasteiger partial charge is 0.134 e. The molecule has 0 fully saturated rings. The standard InChI is InChI=1S/C22H19ClN2S/c1-2-3-4-16-5-9-18(10-6-16)21-15-26-22(25-21)19(14-24)13-17-7-11-20(23)12-8-17/h5-13,15H,2-4H2,1H3. The number of hydrogen-bond donors (Lipinski definition) is 0. The van der Waals surface area contributed by atoms with Gasteiger partial charge in [0.05, 0.1) is 11.3 Å². The van der Waals surface area contributed by atoms with Gasteiger partial charge in [0.15, 0.2) is 0 Å². The second-order valence-electron chi connectivity index (χ2n) is 6.06. The Kier molecular flexibility index (Phi) is 6.22. The number of rotatable bonds is 6. The molecule has 0 aliphatic rings. The molecule has 0 atom stereocenters. The quantitative estimate of drug-likeness (QED) is 0.439. The van der Waals surface area contributed by atoms with Gasteiger partial charge in [-0.2, -0.15) is 5.26 Å². The van der Waals surface area contributed by atoms with Crippen LogP contribution in [0.1, 0.15) is 35.9 Å². The maximum absolute atomic E-state index is 9.52. The van der Waals surface area contributed by atoms with Crippen LogP contribution in [-0.4, -0.2) is 4.98 Å². The monoisotopic (exact) mass is 378 g/mol. The first kappa shape index (κ1) is 18.4. The van der Waals surface area contributed by atoms with Gasteiger partial charge in [-0.3, -0.25) is 0 Å². The minimum atomic E-state index is 0.558. The molecule has 4 heteroatoms. The highest BCUT2D eigenvalue weighted by atomic mass is 35.5. The lowest BCUT2D eigenvalue weighted by Crippen LogP contribution is -1.86. The van der Waals surface area contributed by atoms with Crippen LogP contribution in [-0.2, 0) is 6.42 Å². The first-order valence-electron chi connectivity index (χ1n) is 8.62. The van der Waals surface area contributed by atoms with Gasteiger partial charge in [-0.25, -0.2) is 4.98 Å². The summed E-state index contributed by atoms with van der Waals surface area (Å²) in [5, 5.41) is 12.9. The molecule has 2 aromatic carbocycles. The van der Waals surface area contributed by atoms with E-state index in [0.29, 0.717) is 10.6 Å². The summed E-state index contributed by atoms with van der Waals surface area (Å²) >= 11 is 7.40. The summed E-state index contributed by atoms with van der Waals surface area (Å²) in [4.78, 5) is 4.66. The lowest BCUT2D eigenvalue weighted by molar-refractivity contribution is 0.795. The molecule has 1 aromatic heterocycles. The highest BCUT2D eigenvalue weighted by molar-refractivity contribution is 7.11. The number of allylic oxidation sites excluding steroid dienone is 1. The Morgan fingerprint density at radius 3 is 2.54 bits per heavy atom. The van der Waals surface area contributed by atoms with Crippen molar-refractivity contribution >= 4 is 34.6 Å². The van der Waals surface area contributed by atoms with Crippen LogP contribution in [0.25, 0.3) is 22.9 Å². The minimum Gasteiger partial charge on any atom is -0.235 e. The van der Waals surface area contributed by atoms with E-state index < -0.39 is 0 Å². The van der Waals surface area contributed by atoms with Crippen LogP contribution in [0.3, 0.4) is 0 Å². The lowest BCUT2D eigenvalue weighted by atomic mass is 10.1. The van der Waals surface area contributed by atoms with Crippen molar-refractivity contribution in [1.29, 1.82) is 5.26 Å². The van der Waals surface area contributed by atoms with Crippen LogP contribution in [0.15, 0.2) is 53.9 Å². The average Bonchev–Trinajstić information content (AvgIpc) is 3.16. The molecule has 3 aromatic rings. The normalized spacial score (nSPS) is 11.3. The Morgan fingerprint density at radius 2 is 1.88 bits per heavy atom. The lowest BCUT2D eigenvalue weighted by Gasteiger charge is -2.01. The molecule has 0 amide bonds. The molecule has 2 nitrogen and oxygen atoms in total. The van der Waals surface area contributed by atoms with Gasteiger partial charge in [0.2, 0.25) is 0 Å². The Balaban J connectivity index is 1.81. The maximum Gasteiger partial charge on any atom is 0.134 e. The number of nitrogens with zero attached hydrogens (tertiary/aromatic N) is 2. The van der Waals surface area contributed by atoms with Gasteiger partial charge in [-0.1, -0.05) is 61.3 Å². The van der Waals surface area contributed by atoms with E-state index in [9.17, 15) is 5.26 Å². The van der Waals surface area contributed by atoms with Gasteiger partial charge in [-0.05, 0) is 42.2 Å². The molecule has 130 valence electrons. The van der Waals surface area contributed by atoms with Crippen LogP contribution in [0.5, 0.6) is 0 Å². The molecule has 0 saturated carbocycles.